The smallest absolute Gasteiger partial charge is 0.303 e. The van der Waals surface area contributed by atoms with Crippen molar-refractivity contribution >= 4 is 92.0 Å². The Morgan fingerprint density at radius 3 is 1.61 bits per heavy atom. The van der Waals surface area contributed by atoms with E-state index < -0.39 is 36.7 Å². The van der Waals surface area contributed by atoms with E-state index in [1.807, 2.05) is 80.6 Å². The van der Waals surface area contributed by atoms with Crippen molar-refractivity contribution in [1.29, 1.82) is 0 Å². The molecule has 2 amide bonds. The molecule has 21 nitrogen and oxygen atoms in total. The third-order valence-electron chi connectivity index (χ3n) is 19.2. The largest absolute Gasteiger partial charge is 0.491 e. The molecule has 0 aliphatic carbocycles. The fourth-order valence-electron chi connectivity index (χ4n) is 13.3. The third-order valence-corrected chi connectivity index (χ3v) is 19.9. The highest BCUT2D eigenvalue weighted by Crippen LogP contribution is 2.48. The van der Waals surface area contributed by atoms with E-state index in [0.29, 0.717) is 157 Å². The van der Waals surface area contributed by atoms with E-state index in [1.165, 1.54) is 19.9 Å². The van der Waals surface area contributed by atoms with Crippen LogP contribution in [0.5, 0.6) is 17.2 Å². The molecule has 0 saturated carbocycles. The Kier molecular flexibility index (Phi) is 29.9. The first-order valence-corrected chi connectivity index (χ1v) is 35.8. The summed E-state index contributed by atoms with van der Waals surface area (Å²) in [4.78, 5) is 56.9. The normalized spacial score (nSPS) is 23.7. The molecule has 2 N–H and O–H groups in total. The van der Waals surface area contributed by atoms with Crippen molar-refractivity contribution in [3.05, 3.63) is 113 Å². The molecule has 9 rings (SSSR count). The molecular weight excluding hydrogens is 1310 g/mol. The lowest BCUT2D eigenvalue weighted by Gasteiger charge is -2.43. The van der Waals surface area contributed by atoms with Crippen LogP contribution in [0.25, 0.3) is 33.7 Å². The Morgan fingerprint density at radius 2 is 1.03 bits per heavy atom. The molecule has 99 heavy (non-hydrogen) atoms. The van der Waals surface area contributed by atoms with Gasteiger partial charge in [-0.25, -0.2) is 0 Å². The lowest BCUT2D eigenvalue weighted by atomic mass is 9.78. The second-order valence-corrected chi connectivity index (χ2v) is 26.2. The van der Waals surface area contributed by atoms with Gasteiger partial charge in [0.2, 0.25) is 12.6 Å². The van der Waals surface area contributed by atoms with Crippen LogP contribution in [0.15, 0.2) is 91.0 Å². The predicted molar refractivity (Wildman–Crippen MR) is 381 cm³/mol. The standard InChI is InChI=1S/C76H99Cl2N3O18/c1-9-65-49(3)48(2)52(6)75(96-65)98-68-42-64-73(61-14-11-10-13-59(61)68)58(44-78)46-81(64)71(85)24-20-56-19-17-55(41-67(56)93-40-39-92-38-37-91-36-35-90-34-33-89-32-31-88-30-29-87-28-27-86-26-25-79)18-23-70(84)80-45-57(43-77)72-62-15-12-16-66(60(62)21-22-63(72)80)97-76-74(95-54(8)83)51(5)50(4)69(99-76)47-94-53(7)82/h10-24,41-42,48-52,57-58,65,69,74-76H,9,25-40,43-47,79H2,1-8H3/b23-18+,24-20+/t48-,49+,50+,51-,52+,57+,58+,65+,69+,74+,75-,76+/m0/s1. The average Bonchev–Trinajstić information content (AvgIpc) is 1.66. The molecule has 5 aromatic rings. The van der Waals surface area contributed by atoms with E-state index in [0.717, 1.165) is 44.8 Å². The van der Waals surface area contributed by atoms with Crippen LogP contribution < -0.4 is 29.7 Å². The number of carbonyl (C=O) groups is 4. The van der Waals surface area contributed by atoms with Gasteiger partial charge in [-0.05, 0) is 88.1 Å². The maximum atomic E-state index is 14.7. The summed E-state index contributed by atoms with van der Waals surface area (Å²) in [5, 5.41) is 3.50. The molecule has 23 heteroatoms. The molecule has 4 aliphatic heterocycles. The van der Waals surface area contributed by atoms with Crippen molar-refractivity contribution in [2.45, 2.75) is 105 Å². The molecule has 0 aromatic heterocycles. The number of nitrogens with zero attached hydrogens (tertiary/aromatic N) is 2. The van der Waals surface area contributed by atoms with Crippen molar-refractivity contribution in [3.8, 4) is 17.2 Å². The van der Waals surface area contributed by atoms with E-state index in [1.54, 1.807) is 28.0 Å². The second-order valence-electron chi connectivity index (χ2n) is 25.6. The van der Waals surface area contributed by atoms with Crippen molar-refractivity contribution in [2.24, 2.45) is 35.3 Å². The van der Waals surface area contributed by atoms with Gasteiger partial charge in [0.15, 0.2) is 6.10 Å². The van der Waals surface area contributed by atoms with Crippen LogP contribution >= 0.6 is 23.2 Å². The van der Waals surface area contributed by atoms with E-state index in [-0.39, 0.29) is 73.2 Å². The molecule has 0 radical (unpaired) electrons. The molecule has 0 spiro atoms. The summed E-state index contributed by atoms with van der Waals surface area (Å²) in [6, 6.07) is 25.1. The lowest BCUT2D eigenvalue weighted by molar-refractivity contribution is -0.253. The first-order chi connectivity index (χ1) is 48.0. The maximum Gasteiger partial charge on any atom is 0.303 e. The number of rotatable bonds is 38. The number of nitrogens with two attached hydrogens (primary N) is 1. The van der Waals surface area contributed by atoms with Crippen LogP contribution in [0.2, 0.25) is 0 Å². The van der Waals surface area contributed by atoms with Gasteiger partial charge in [0, 0.05) is 109 Å². The molecule has 12 atom stereocenters. The molecule has 540 valence electrons. The number of ether oxygens (including phenoxy) is 14. The number of benzene rings is 5. The zero-order valence-electron chi connectivity index (χ0n) is 58.4. The number of amides is 2. The summed E-state index contributed by atoms with van der Waals surface area (Å²) in [6.45, 7) is 22.8. The summed E-state index contributed by atoms with van der Waals surface area (Å²) in [6.07, 6.45) is 4.72. The highest BCUT2D eigenvalue weighted by molar-refractivity contribution is 6.20. The predicted octanol–water partition coefficient (Wildman–Crippen LogP) is 11.5. The van der Waals surface area contributed by atoms with E-state index >= 15 is 0 Å². The Hall–Kier alpha value is -6.44. The van der Waals surface area contributed by atoms with Gasteiger partial charge in [-0.2, -0.15) is 0 Å². The zero-order chi connectivity index (χ0) is 70.4. The summed E-state index contributed by atoms with van der Waals surface area (Å²) < 4.78 is 83.3. The van der Waals surface area contributed by atoms with Crippen molar-refractivity contribution in [3.63, 3.8) is 0 Å². The molecule has 4 aliphatic rings. The summed E-state index contributed by atoms with van der Waals surface area (Å²) in [5.41, 5.74) is 10.0. The zero-order valence-corrected chi connectivity index (χ0v) is 59.9. The molecule has 2 fully saturated rings. The highest BCUT2D eigenvalue weighted by atomic mass is 35.5. The average molecular weight is 1410 g/mol. The highest BCUT2D eigenvalue weighted by Gasteiger charge is 2.46. The summed E-state index contributed by atoms with van der Waals surface area (Å²) >= 11 is 13.5. The second kappa shape index (κ2) is 38.6. The quantitative estimate of drug-likeness (QED) is 0.0168. The van der Waals surface area contributed by atoms with Crippen LogP contribution in [0.4, 0.5) is 11.4 Å². The van der Waals surface area contributed by atoms with E-state index in [4.69, 9.17) is 95.3 Å². The minimum absolute atomic E-state index is 0.0123. The summed E-state index contributed by atoms with van der Waals surface area (Å²) in [7, 11) is 0. The Balaban J connectivity index is 0.867. The fourth-order valence-corrected chi connectivity index (χ4v) is 13.8. The molecular formula is C76H99Cl2N3O18. The van der Waals surface area contributed by atoms with Crippen LogP contribution in [0.1, 0.15) is 95.9 Å². The van der Waals surface area contributed by atoms with Gasteiger partial charge < -0.3 is 81.8 Å². The van der Waals surface area contributed by atoms with Gasteiger partial charge in [-0.3, -0.25) is 19.2 Å². The Bertz CT molecular complexity index is 3520. The number of halogens is 2. The number of hydrogen-bond acceptors (Lipinski definition) is 19. The third kappa shape index (κ3) is 20.2. The maximum absolute atomic E-state index is 14.7. The number of hydrogen-bond donors (Lipinski definition) is 1. The first-order valence-electron chi connectivity index (χ1n) is 34.7. The molecule has 2 saturated heterocycles. The minimum atomic E-state index is -1.02. The number of alkyl halides is 2. The Morgan fingerprint density at radius 1 is 0.515 bits per heavy atom. The molecule has 4 heterocycles. The molecule has 0 bridgehead atoms. The van der Waals surface area contributed by atoms with Gasteiger partial charge >= 0.3 is 11.9 Å². The lowest BCUT2D eigenvalue weighted by Crippen LogP contribution is -2.54. The van der Waals surface area contributed by atoms with Crippen molar-refractivity contribution in [1.82, 2.24) is 0 Å². The van der Waals surface area contributed by atoms with Crippen molar-refractivity contribution < 1.29 is 85.5 Å². The van der Waals surface area contributed by atoms with Gasteiger partial charge in [-0.1, -0.05) is 90.1 Å². The van der Waals surface area contributed by atoms with Crippen LogP contribution in [-0.2, 0) is 71.3 Å². The van der Waals surface area contributed by atoms with E-state index in [9.17, 15) is 19.2 Å². The van der Waals surface area contributed by atoms with Gasteiger partial charge in [-0.15, -0.1) is 23.2 Å². The SMILES string of the molecule is CC[C@H]1O[C@@H](Oc2cc3c(c4ccccc24)[C@H](CCl)CN3C(=O)/C=C/c2ccc(/C=C/C(=O)N3C[C@@H](CCl)c4c3ccc3c(O[C@@H]5O[C@H](COC(C)=O)[C@H](C)[C@H](C)[C@H]5OC(C)=O)cccc43)cc2OCCOCCOCCOCCOCCOCCOCCOCCN)[C@H](C)[C@@H](C)[C@H]1C. The van der Waals surface area contributed by atoms with Gasteiger partial charge in [0.1, 0.15) is 30.5 Å². The summed E-state index contributed by atoms with van der Waals surface area (Å²) in [5.74, 6) is 0.888. The monoisotopic (exact) mass is 1410 g/mol. The van der Waals surface area contributed by atoms with Crippen LogP contribution in [0, 0.1) is 29.6 Å². The number of anilines is 2. The number of carbonyl (C=O) groups excluding carboxylic acids is 4. The Labute approximate surface area is 591 Å². The number of esters is 2. The van der Waals surface area contributed by atoms with Crippen LogP contribution in [-0.4, -0.2) is 192 Å². The number of fused-ring (bicyclic) bond motifs is 6. The van der Waals surface area contributed by atoms with Gasteiger partial charge in [0.05, 0.1) is 110 Å². The van der Waals surface area contributed by atoms with Crippen molar-refractivity contribution in [2.75, 3.05) is 147 Å². The molecule has 0 unspecified atom stereocenters. The first kappa shape index (κ1) is 76.7. The molecule has 5 aromatic carbocycles. The topological polar surface area (TPSA) is 230 Å². The fraction of sp³-hybridized carbons (Fsp3) is 0.553. The van der Waals surface area contributed by atoms with Gasteiger partial charge in [0.25, 0.3) is 11.8 Å². The van der Waals surface area contributed by atoms with Crippen LogP contribution in [0.3, 0.4) is 0 Å². The minimum Gasteiger partial charge on any atom is -0.491 e. The van der Waals surface area contributed by atoms with E-state index in [2.05, 4.69) is 39.8 Å².